The zero-order chi connectivity index (χ0) is 8.20. The average Bonchev–Trinajstić information content (AvgIpc) is 1.59. The molecule has 0 aliphatic heterocycles. The van der Waals surface area contributed by atoms with Gasteiger partial charge in [0, 0.05) is 6.61 Å². The van der Waals surface area contributed by atoms with Crippen LogP contribution in [0.15, 0.2) is 0 Å². The fourth-order valence-corrected chi connectivity index (χ4v) is 1.37. The van der Waals surface area contributed by atoms with E-state index in [2.05, 4.69) is 27.7 Å². The first kappa shape index (κ1) is 9.96. The molecule has 0 fully saturated rings. The molecular formula is C9H20O. The van der Waals surface area contributed by atoms with E-state index in [1.54, 1.807) is 0 Å². The van der Waals surface area contributed by atoms with E-state index >= 15 is 0 Å². The average molecular weight is 144 g/mol. The number of rotatable bonds is 3. The zero-order valence-corrected chi connectivity index (χ0v) is 7.65. The third-order valence-electron chi connectivity index (χ3n) is 1.58. The van der Waals surface area contributed by atoms with Gasteiger partial charge in [0.25, 0.3) is 0 Å². The van der Waals surface area contributed by atoms with Crippen molar-refractivity contribution in [1.29, 1.82) is 0 Å². The van der Waals surface area contributed by atoms with E-state index in [0.717, 1.165) is 6.42 Å². The lowest BCUT2D eigenvalue weighted by molar-refractivity contribution is 0.227. The molecule has 10 heavy (non-hydrogen) atoms. The van der Waals surface area contributed by atoms with Crippen molar-refractivity contribution in [2.24, 2.45) is 11.3 Å². The second-order valence-electron chi connectivity index (χ2n) is 4.38. The van der Waals surface area contributed by atoms with Gasteiger partial charge in [0.15, 0.2) is 0 Å². The normalized spacial score (nSPS) is 15.3. The molecule has 0 aliphatic rings. The van der Waals surface area contributed by atoms with E-state index in [1.807, 2.05) is 0 Å². The maximum Gasteiger partial charge on any atom is 0.0433 e. The molecule has 0 heterocycles. The Morgan fingerprint density at radius 2 is 1.80 bits per heavy atom. The standard InChI is InChI=1S/C9H20O/c1-8(5-6-10)7-9(2,3)4/h8,10H,5-7H2,1-4H3/t8-/m0/s1. The highest BCUT2D eigenvalue weighted by Crippen LogP contribution is 2.25. The molecule has 1 N–H and O–H groups in total. The van der Waals surface area contributed by atoms with E-state index in [0.29, 0.717) is 17.9 Å². The van der Waals surface area contributed by atoms with Gasteiger partial charge in [0.1, 0.15) is 0 Å². The lowest BCUT2D eigenvalue weighted by Gasteiger charge is -2.22. The van der Waals surface area contributed by atoms with Crippen molar-refractivity contribution in [2.75, 3.05) is 6.61 Å². The maximum absolute atomic E-state index is 8.63. The Morgan fingerprint density at radius 3 is 2.10 bits per heavy atom. The molecule has 0 aliphatic carbocycles. The first-order valence-corrected chi connectivity index (χ1v) is 4.06. The predicted molar refractivity (Wildman–Crippen MR) is 44.9 cm³/mol. The number of aliphatic hydroxyl groups excluding tert-OH is 1. The second-order valence-corrected chi connectivity index (χ2v) is 4.38. The van der Waals surface area contributed by atoms with Crippen LogP contribution in [0.1, 0.15) is 40.5 Å². The molecule has 0 aromatic carbocycles. The Hall–Kier alpha value is -0.0400. The summed E-state index contributed by atoms with van der Waals surface area (Å²) in [6, 6.07) is 0. The minimum absolute atomic E-state index is 0.331. The molecule has 0 saturated carbocycles. The van der Waals surface area contributed by atoms with E-state index in [4.69, 9.17) is 5.11 Å². The predicted octanol–water partition coefficient (Wildman–Crippen LogP) is 2.44. The number of hydrogen-bond donors (Lipinski definition) is 1. The van der Waals surface area contributed by atoms with Crippen LogP contribution in [-0.4, -0.2) is 11.7 Å². The van der Waals surface area contributed by atoms with Crippen LogP contribution in [0.25, 0.3) is 0 Å². The van der Waals surface area contributed by atoms with E-state index in [9.17, 15) is 0 Å². The third-order valence-corrected chi connectivity index (χ3v) is 1.58. The third kappa shape index (κ3) is 6.09. The highest BCUT2D eigenvalue weighted by atomic mass is 16.3. The molecule has 0 spiro atoms. The summed E-state index contributed by atoms with van der Waals surface area (Å²) in [4.78, 5) is 0. The second kappa shape index (κ2) is 3.97. The van der Waals surface area contributed by atoms with Crippen molar-refractivity contribution < 1.29 is 5.11 Å². The van der Waals surface area contributed by atoms with Crippen LogP contribution in [0, 0.1) is 11.3 Å². The van der Waals surface area contributed by atoms with Gasteiger partial charge >= 0.3 is 0 Å². The van der Waals surface area contributed by atoms with Crippen molar-refractivity contribution in [3.8, 4) is 0 Å². The molecule has 0 rings (SSSR count). The van der Waals surface area contributed by atoms with Crippen molar-refractivity contribution in [2.45, 2.75) is 40.5 Å². The Bertz CT molecular complexity index is 81.2. The summed E-state index contributed by atoms with van der Waals surface area (Å²) in [5, 5.41) is 8.63. The summed E-state index contributed by atoms with van der Waals surface area (Å²) in [5.41, 5.74) is 0.411. The molecule has 0 amide bonds. The summed E-state index contributed by atoms with van der Waals surface area (Å²) in [6.07, 6.45) is 2.14. The Kier molecular flexibility index (Phi) is 3.95. The lowest BCUT2D eigenvalue weighted by Crippen LogP contribution is -2.11. The lowest BCUT2D eigenvalue weighted by atomic mass is 9.84. The van der Waals surface area contributed by atoms with Gasteiger partial charge in [-0.2, -0.15) is 0 Å². The van der Waals surface area contributed by atoms with Gasteiger partial charge < -0.3 is 5.11 Å². The molecular weight excluding hydrogens is 124 g/mol. The van der Waals surface area contributed by atoms with Gasteiger partial charge in [-0.25, -0.2) is 0 Å². The summed E-state index contributed by atoms with van der Waals surface area (Å²) >= 11 is 0. The van der Waals surface area contributed by atoms with Crippen molar-refractivity contribution in [3.05, 3.63) is 0 Å². The first-order chi connectivity index (χ1) is 4.45. The van der Waals surface area contributed by atoms with Crippen LogP contribution < -0.4 is 0 Å². The highest BCUT2D eigenvalue weighted by molar-refractivity contribution is 4.65. The molecule has 1 nitrogen and oxygen atoms in total. The van der Waals surface area contributed by atoms with Crippen molar-refractivity contribution >= 4 is 0 Å². The zero-order valence-electron chi connectivity index (χ0n) is 7.65. The van der Waals surface area contributed by atoms with E-state index in [-0.39, 0.29) is 0 Å². The number of hydrogen-bond acceptors (Lipinski definition) is 1. The molecule has 0 bridgehead atoms. The quantitative estimate of drug-likeness (QED) is 0.645. The summed E-state index contributed by atoms with van der Waals surface area (Å²) < 4.78 is 0. The molecule has 0 aromatic heterocycles. The van der Waals surface area contributed by atoms with Gasteiger partial charge in [0.2, 0.25) is 0 Å². The van der Waals surface area contributed by atoms with Crippen LogP contribution in [0.2, 0.25) is 0 Å². The molecule has 0 unspecified atom stereocenters. The molecule has 1 heteroatoms. The number of aliphatic hydroxyl groups is 1. The Morgan fingerprint density at radius 1 is 1.30 bits per heavy atom. The van der Waals surface area contributed by atoms with Crippen LogP contribution in [0.5, 0.6) is 0 Å². The summed E-state index contributed by atoms with van der Waals surface area (Å²) in [5.74, 6) is 0.657. The van der Waals surface area contributed by atoms with Crippen LogP contribution in [0.4, 0.5) is 0 Å². The van der Waals surface area contributed by atoms with Crippen molar-refractivity contribution in [1.82, 2.24) is 0 Å². The van der Waals surface area contributed by atoms with Crippen molar-refractivity contribution in [3.63, 3.8) is 0 Å². The molecule has 0 saturated heterocycles. The highest BCUT2D eigenvalue weighted by Gasteiger charge is 2.14. The van der Waals surface area contributed by atoms with Gasteiger partial charge in [0.05, 0.1) is 0 Å². The van der Waals surface area contributed by atoms with Gasteiger partial charge in [-0.1, -0.05) is 27.7 Å². The van der Waals surface area contributed by atoms with Crippen LogP contribution in [0.3, 0.4) is 0 Å². The largest absolute Gasteiger partial charge is 0.396 e. The first-order valence-electron chi connectivity index (χ1n) is 4.06. The summed E-state index contributed by atoms with van der Waals surface area (Å²) in [6.45, 7) is 9.24. The smallest absolute Gasteiger partial charge is 0.0433 e. The SMILES string of the molecule is C[C@@H](CCO)CC(C)(C)C. The monoisotopic (exact) mass is 144 g/mol. The molecule has 0 aromatic rings. The van der Waals surface area contributed by atoms with Gasteiger partial charge in [-0.3, -0.25) is 0 Å². The Labute approximate surface area is 64.5 Å². The van der Waals surface area contributed by atoms with Crippen LogP contribution in [-0.2, 0) is 0 Å². The van der Waals surface area contributed by atoms with Gasteiger partial charge in [-0.15, -0.1) is 0 Å². The topological polar surface area (TPSA) is 20.2 Å². The van der Waals surface area contributed by atoms with Crippen LogP contribution >= 0.6 is 0 Å². The fourth-order valence-electron chi connectivity index (χ4n) is 1.37. The molecule has 0 radical (unpaired) electrons. The fraction of sp³-hybridized carbons (Fsp3) is 1.00. The Balaban J connectivity index is 3.47. The van der Waals surface area contributed by atoms with Gasteiger partial charge in [-0.05, 0) is 24.2 Å². The maximum atomic E-state index is 8.63. The van der Waals surface area contributed by atoms with E-state index < -0.39 is 0 Å². The minimum atomic E-state index is 0.331. The summed E-state index contributed by atoms with van der Waals surface area (Å²) in [7, 11) is 0. The van der Waals surface area contributed by atoms with E-state index in [1.165, 1.54) is 6.42 Å². The minimum Gasteiger partial charge on any atom is -0.396 e. The molecule has 62 valence electrons. The molecule has 1 atom stereocenters.